The van der Waals surface area contributed by atoms with Gasteiger partial charge in [-0.25, -0.2) is 4.98 Å². The van der Waals surface area contributed by atoms with E-state index < -0.39 is 0 Å². The molecule has 0 saturated carbocycles. The van der Waals surface area contributed by atoms with Gasteiger partial charge in [-0.15, -0.1) is 0 Å². The number of allylic oxidation sites excluding steroid dienone is 1. The second kappa shape index (κ2) is 4.83. The van der Waals surface area contributed by atoms with E-state index in [2.05, 4.69) is 38.4 Å². The first-order valence-corrected chi connectivity index (χ1v) is 7.05. The molecule has 2 aliphatic rings. The zero-order valence-corrected chi connectivity index (χ0v) is 11.6. The zero-order chi connectivity index (χ0) is 12.5. The Balaban J connectivity index is 1.94. The van der Waals surface area contributed by atoms with Crippen LogP contribution in [0.1, 0.15) is 24.0 Å². The first-order valence-electron chi connectivity index (χ1n) is 6.26. The minimum absolute atomic E-state index is 0.591. The summed E-state index contributed by atoms with van der Waals surface area (Å²) in [6, 6.07) is 4.12. The molecule has 0 unspecified atom stereocenters. The van der Waals surface area contributed by atoms with E-state index in [1.807, 2.05) is 12.3 Å². The van der Waals surface area contributed by atoms with Gasteiger partial charge in [0, 0.05) is 12.7 Å². The van der Waals surface area contributed by atoms with Crippen LogP contribution in [0.4, 0.5) is 0 Å². The average molecular weight is 304 g/mol. The van der Waals surface area contributed by atoms with E-state index >= 15 is 0 Å². The molecule has 2 heterocycles. The van der Waals surface area contributed by atoms with E-state index in [0.717, 1.165) is 24.6 Å². The van der Waals surface area contributed by atoms with Crippen molar-refractivity contribution in [2.45, 2.75) is 12.8 Å². The molecule has 0 radical (unpaired) electrons. The van der Waals surface area contributed by atoms with Crippen molar-refractivity contribution in [3.8, 4) is 6.07 Å². The van der Waals surface area contributed by atoms with E-state index in [9.17, 15) is 0 Å². The highest BCUT2D eigenvalue weighted by Crippen LogP contribution is 2.41. The molecule has 0 bridgehead atoms. The van der Waals surface area contributed by atoms with Crippen molar-refractivity contribution in [3.63, 3.8) is 0 Å². The lowest BCUT2D eigenvalue weighted by molar-refractivity contribution is 0.328. The predicted molar refractivity (Wildman–Crippen MR) is 73.7 cm³/mol. The quantitative estimate of drug-likeness (QED) is 0.812. The molecule has 1 N–H and O–H groups in total. The van der Waals surface area contributed by atoms with Crippen LogP contribution < -0.4 is 5.32 Å². The van der Waals surface area contributed by atoms with Gasteiger partial charge >= 0.3 is 0 Å². The zero-order valence-electron chi connectivity index (χ0n) is 9.99. The van der Waals surface area contributed by atoms with Gasteiger partial charge in [0.05, 0.1) is 5.56 Å². The van der Waals surface area contributed by atoms with Crippen LogP contribution in [0.25, 0.3) is 5.57 Å². The van der Waals surface area contributed by atoms with Gasteiger partial charge in [-0.1, -0.05) is 6.08 Å². The molecule has 1 aliphatic carbocycles. The van der Waals surface area contributed by atoms with Crippen molar-refractivity contribution in [1.82, 2.24) is 10.3 Å². The number of rotatable bonds is 1. The number of nitrogens with zero attached hydrogens (tertiary/aromatic N) is 2. The number of pyridine rings is 1. The smallest absolute Gasteiger partial charge is 0.123 e. The van der Waals surface area contributed by atoms with Gasteiger partial charge in [-0.05, 0) is 64.4 Å². The fourth-order valence-electron chi connectivity index (χ4n) is 3.00. The molecule has 3 nitrogen and oxygen atoms in total. The third-order valence-electron chi connectivity index (χ3n) is 3.96. The number of nitrogens with one attached hydrogen (secondary N) is 1. The fourth-order valence-corrected chi connectivity index (χ4v) is 3.31. The molecule has 1 aliphatic heterocycles. The number of hydrogen-bond donors (Lipinski definition) is 1. The first-order chi connectivity index (χ1) is 8.79. The monoisotopic (exact) mass is 303 g/mol. The lowest BCUT2D eigenvalue weighted by Gasteiger charge is -2.28. The Labute approximate surface area is 115 Å². The van der Waals surface area contributed by atoms with E-state index in [1.54, 1.807) is 0 Å². The third-order valence-corrected chi connectivity index (χ3v) is 4.59. The highest BCUT2D eigenvalue weighted by atomic mass is 79.9. The molecule has 92 valence electrons. The molecule has 0 amide bonds. The molecule has 1 aromatic heterocycles. The Hall–Kier alpha value is -1.18. The molecule has 1 saturated heterocycles. The standard InChI is InChI=1S/C14H14BrN3/c15-14-10(6-16)5-11(7-18-14)12-2-1-9-3-4-17-8-13(9)12/h2,5,7,9,13,17H,1,3-4,8H2/t9-,13+/m0/s1. The van der Waals surface area contributed by atoms with Crippen molar-refractivity contribution < 1.29 is 0 Å². The highest BCUT2D eigenvalue weighted by Gasteiger charge is 2.32. The van der Waals surface area contributed by atoms with Crippen LogP contribution in [0.3, 0.4) is 0 Å². The number of halogens is 1. The Kier molecular flexibility index (Phi) is 3.19. The summed E-state index contributed by atoms with van der Waals surface area (Å²) in [5, 5.41) is 12.5. The number of hydrogen-bond acceptors (Lipinski definition) is 3. The topological polar surface area (TPSA) is 48.7 Å². The highest BCUT2D eigenvalue weighted by molar-refractivity contribution is 9.10. The van der Waals surface area contributed by atoms with Gasteiger partial charge < -0.3 is 5.32 Å². The normalized spacial score (nSPS) is 26.3. The second-order valence-corrected chi connectivity index (χ2v) is 5.68. The van der Waals surface area contributed by atoms with Crippen LogP contribution in [0.2, 0.25) is 0 Å². The molecule has 2 atom stereocenters. The summed E-state index contributed by atoms with van der Waals surface area (Å²) in [6.07, 6.45) is 6.61. The van der Waals surface area contributed by atoms with Gasteiger partial charge in [0.2, 0.25) is 0 Å². The Morgan fingerprint density at radius 2 is 2.39 bits per heavy atom. The Bertz CT molecular complexity index is 544. The summed E-state index contributed by atoms with van der Waals surface area (Å²) in [4.78, 5) is 4.27. The summed E-state index contributed by atoms with van der Waals surface area (Å²) < 4.78 is 0.630. The van der Waals surface area contributed by atoms with Crippen molar-refractivity contribution in [2.24, 2.45) is 11.8 Å². The Morgan fingerprint density at radius 3 is 3.22 bits per heavy atom. The van der Waals surface area contributed by atoms with Gasteiger partial charge in [0.25, 0.3) is 0 Å². The van der Waals surface area contributed by atoms with Crippen molar-refractivity contribution in [3.05, 3.63) is 34.1 Å². The number of piperidine rings is 1. The first kappa shape index (κ1) is 11.9. The van der Waals surface area contributed by atoms with Crippen molar-refractivity contribution >= 4 is 21.5 Å². The van der Waals surface area contributed by atoms with E-state index in [4.69, 9.17) is 5.26 Å². The third kappa shape index (κ3) is 1.98. The maximum Gasteiger partial charge on any atom is 0.123 e. The minimum Gasteiger partial charge on any atom is -0.316 e. The second-order valence-electron chi connectivity index (χ2n) is 4.93. The maximum atomic E-state index is 9.07. The van der Waals surface area contributed by atoms with E-state index in [1.165, 1.54) is 18.4 Å². The summed E-state index contributed by atoms with van der Waals surface area (Å²) >= 11 is 3.30. The molecule has 18 heavy (non-hydrogen) atoms. The van der Waals surface area contributed by atoms with Gasteiger partial charge in [-0.2, -0.15) is 5.26 Å². The van der Waals surface area contributed by atoms with Gasteiger partial charge in [0.15, 0.2) is 0 Å². The van der Waals surface area contributed by atoms with Crippen LogP contribution in [0.15, 0.2) is 22.9 Å². The van der Waals surface area contributed by atoms with Crippen LogP contribution in [0, 0.1) is 23.2 Å². The van der Waals surface area contributed by atoms with E-state index in [-0.39, 0.29) is 0 Å². The molecule has 0 aromatic carbocycles. The van der Waals surface area contributed by atoms with Crippen LogP contribution >= 0.6 is 15.9 Å². The van der Waals surface area contributed by atoms with Gasteiger partial charge in [-0.3, -0.25) is 0 Å². The lowest BCUT2D eigenvalue weighted by Crippen LogP contribution is -2.34. The van der Waals surface area contributed by atoms with Crippen LogP contribution in [-0.2, 0) is 0 Å². The van der Waals surface area contributed by atoms with Crippen LogP contribution in [0.5, 0.6) is 0 Å². The van der Waals surface area contributed by atoms with Crippen molar-refractivity contribution in [2.75, 3.05) is 13.1 Å². The lowest BCUT2D eigenvalue weighted by atomic mass is 9.84. The van der Waals surface area contributed by atoms with Crippen molar-refractivity contribution in [1.29, 1.82) is 5.26 Å². The summed E-state index contributed by atoms with van der Waals surface area (Å²) in [6.45, 7) is 2.18. The number of fused-ring (bicyclic) bond motifs is 1. The summed E-state index contributed by atoms with van der Waals surface area (Å²) in [5.74, 6) is 1.36. The van der Waals surface area contributed by atoms with Crippen LogP contribution in [-0.4, -0.2) is 18.1 Å². The molecular weight excluding hydrogens is 290 g/mol. The molecule has 3 rings (SSSR count). The SMILES string of the molecule is N#Cc1cc(C2=CC[C@H]3CCNC[C@@H]23)cnc1Br. The number of nitriles is 1. The Morgan fingerprint density at radius 1 is 1.50 bits per heavy atom. The number of aromatic nitrogens is 1. The summed E-state index contributed by atoms with van der Waals surface area (Å²) in [7, 11) is 0. The maximum absolute atomic E-state index is 9.07. The van der Waals surface area contributed by atoms with Gasteiger partial charge in [0.1, 0.15) is 10.7 Å². The molecule has 0 spiro atoms. The summed E-state index contributed by atoms with van der Waals surface area (Å²) in [5.41, 5.74) is 3.08. The molecule has 1 aromatic rings. The largest absolute Gasteiger partial charge is 0.316 e. The van der Waals surface area contributed by atoms with E-state index in [0.29, 0.717) is 16.1 Å². The molecular formula is C14H14BrN3. The minimum atomic E-state index is 0.591. The predicted octanol–water partition coefficient (Wildman–Crippen LogP) is 2.73. The fraction of sp³-hybridized carbons (Fsp3) is 0.429. The molecule has 1 fully saturated rings. The average Bonchev–Trinajstić information content (AvgIpc) is 2.83. The molecule has 4 heteroatoms.